The quantitative estimate of drug-likeness (QED) is 0.261. The molecule has 2 rings (SSSR count). The molecular formula is C21H34N4O6. The predicted octanol–water partition coefficient (Wildman–Crippen LogP) is -0.165. The topological polar surface area (TPSA) is 157 Å². The second-order valence-electron chi connectivity index (χ2n) is 5.87. The maximum absolute atomic E-state index is 12.0. The average Bonchev–Trinajstić information content (AvgIpc) is 3.29. The van der Waals surface area contributed by atoms with Gasteiger partial charge in [0.05, 0.1) is 21.0 Å². The van der Waals surface area contributed by atoms with E-state index < -0.39 is 18.0 Å². The maximum atomic E-state index is 12.0. The largest absolute Gasteiger partial charge is 0.493 e. The Bertz CT molecular complexity index is 645. The van der Waals surface area contributed by atoms with Gasteiger partial charge >= 0.3 is 0 Å². The van der Waals surface area contributed by atoms with Crippen LogP contribution < -0.4 is 26.3 Å². The Kier molecular flexibility index (Phi) is 18.1. The van der Waals surface area contributed by atoms with Crippen molar-refractivity contribution in [2.24, 2.45) is 11.5 Å². The van der Waals surface area contributed by atoms with Gasteiger partial charge in [0, 0.05) is 6.54 Å². The Balaban J connectivity index is 0. The summed E-state index contributed by atoms with van der Waals surface area (Å²) < 4.78 is 10.0. The van der Waals surface area contributed by atoms with Crippen LogP contribution in [0.15, 0.2) is 24.3 Å². The molecule has 1 fully saturated rings. The number of hydrogen-bond acceptors (Lipinski definition) is 7. The van der Waals surface area contributed by atoms with Crippen molar-refractivity contribution in [3.63, 3.8) is 0 Å². The first-order chi connectivity index (χ1) is 14.9. The number of hydrogen-bond donors (Lipinski definition) is 4. The summed E-state index contributed by atoms with van der Waals surface area (Å²) in [6.07, 6.45) is 10.4. The monoisotopic (exact) mass is 438 g/mol. The van der Waals surface area contributed by atoms with Gasteiger partial charge < -0.3 is 36.3 Å². The maximum Gasteiger partial charge on any atom is 0.245 e. The van der Waals surface area contributed by atoms with E-state index in [1.807, 2.05) is 24.3 Å². The van der Waals surface area contributed by atoms with Crippen LogP contribution in [0, 0.1) is 12.8 Å². The van der Waals surface area contributed by atoms with E-state index in [0.29, 0.717) is 25.8 Å². The summed E-state index contributed by atoms with van der Waals surface area (Å²) in [5.41, 5.74) is 9.62. The zero-order valence-electron chi connectivity index (χ0n) is 18.3. The molecule has 10 nitrogen and oxygen atoms in total. The normalized spacial score (nSPS) is 14.7. The number of likely N-dealkylation sites (tertiary alicyclic amines) is 1. The van der Waals surface area contributed by atoms with Crippen molar-refractivity contribution in [1.82, 2.24) is 10.2 Å². The molecule has 1 aromatic rings. The highest BCUT2D eigenvalue weighted by molar-refractivity contribution is 5.90. The SMILES string of the molecule is C#C.CC[C@H](NC=O)C(=O)N1CCC[C@H]1C(N)=O.COc1ccccc1OC.NCO. The van der Waals surface area contributed by atoms with Crippen LogP contribution in [0.1, 0.15) is 26.2 Å². The molecule has 6 N–H and O–H groups in total. The molecule has 174 valence electrons. The van der Waals surface area contributed by atoms with E-state index in [0.717, 1.165) is 17.9 Å². The molecule has 1 aliphatic heterocycles. The molecule has 3 amide bonds. The zero-order valence-corrected chi connectivity index (χ0v) is 18.3. The zero-order chi connectivity index (χ0) is 24.2. The molecule has 2 atom stereocenters. The summed E-state index contributed by atoms with van der Waals surface area (Å²) in [6.45, 7) is 2.08. The van der Waals surface area contributed by atoms with Crippen LogP contribution >= 0.6 is 0 Å². The number of para-hydroxylation sites is 2. The Labute approximate surface area is 183 Å². The first-order valence-electron chi connectivity index (χ1n) is 9.52. The third-order valence-electron chi connectivity index (χ3n) is 4.13. The number of nitrogens with zero attached hydrogens (tertiary/aromatic N) is 1. The average molecular weight is 439 g/mol. The molecule has 0 unspecified atom stereocenters. The van der Waals surface area contributed by atoms with Crippen LogP contribution in [0.5, 0.6) is 11.5 Å². The van der Waals surface area contributed by atoms with Crippen LogP contribution in [-0.4, -0.2) is 67.8 Å². The summed E-state index contributed by atoms with van der Waals surface area (Å²) in [5, 5.41) is 9.79. The molecule has 0 aromatic heterocycles. The number of carbonyl (C=O) groups is 3. The number of benzene rings is 1. The highest BCUT2D eigenvalue weighted by atomic mass is 16.5. The molecule has 1 heterocycles. The fraction of sp³-hybridized carbons (Fsp3) is 0.476. The first-order valence-corrected chi connectivity index (χ1v) is 9.52. The number of primary amides is 1. The Morgan fingerprint density at radius 2 is 1.77 bits per heavy atom. The molecule has 1 saturated heterocycles. The van der Waals surface area contributed by atoms with Crippen molar-refractivity contribution in [3.05, 3.63) is 24.3 Å². The number of nitrogens with one attached hydrogen (secondary N) is 1. The smallest absolute Gasteiger partial charge is 0.245 e. The molecule has 31 heavy (non-hydrogen) atoms. The molecule has 0 bridgehead atoms. The van der Waals surface area contributed by atoms with Gasteiger partial charge in [-0.3, -0.25) is 14.4 Å². The number of aliphatic hydroxyl groups is 1. The third-order valence-corrected chi connectivity index (χ3v) is 4.13. The lowest BCUT2D eigenvalue weighted by Gasteiger charge is -2.26. The van der Waals surface area contributed by atoms with Gasteiger partial charge in [-0.1, -0.05) is 19.1 Å². The second-order valence-corrected chi connectivity index (χ2v) is 5.87. The highest BCUT2D eigenvalue weighted by Crippen LogP contribution is 2.24. The highest BCUT2D eigenvalue weighted by Gasteiger charge is 2.35. The summed E-state index contributed by atoms with van der Waals surface area (Å²) >= 11 is 0. The minimum absolute atomic E-state index is 0.226. The molecule has 0 radical (unpaired) electrons. The van der Waals surface area contributed by atoms with Crippen LogP contribution in [0.25, 0.3) is 0 Å². The van der Waals surface area contributed by atoms with Crippen molar-refractivity contribution in [1.29, 1.82) is 0 Å². The number of rotatable bonds is 7. The number of aliphatic hydroxyl groups excluding tert-OH is 1. The van der Waals surface area contributed by atoms with Crippen molar-refractivity contribution in [2.45, 2.75) is 38.3 Å². The molecule has 0 spiro atoms. The fourth-order valence-electron chi connectivity index (χ4n) is 2.76. The lowest BCUT2D eigenvalue weighted by atomic mass is 10.1. The van der Waals surface area contributed by atoms with Gasteiger partial charge in [0.1, 0.15) is 12.1 Å². The Morgan fingerprint density at radius 3 is 2.13 bits per heavy atom. The van der Waals surface area contributed by atoms with E-state index in [1.165, 1.54) is 4.90 Å². The number of terminal acetylenes is 1. The molecule has 0 aliphatic carbocycles. The van der Waals surface area contributed by atoms with Gasteiger partial charge in [-0.05, 0) is 31.4 Å². The van der Waals surface area contributed by atoms with Crippen LogP contribution in [0.2, 0.25) is 0 Å². The molecule has 1 aliphatic rings. The lowest BCUT2D eigenvalue weighted by Crippen LogP contribution is -2.51. The Hall–Kier alpha value is -3.29. The third kappa shape index (κ3) is 10.9. The van der Waals surface area contributed by atoms with E-state index >= 15 is 0 Å². The summed E-state index contributed by atoms with van der Waals surface area (Å²) in [4.78, 5) is 34.9. The fourth-order valence-corrected chi connectivity index (χ4v) is 2.76. The van der Waals surface area contributed by atoms with E-state index in [4.69, 9.17) is 20.3 Å². The number of carbonyl (C=O) groups excluding carboxylic acids is 3. The van der Waals surface area contributed by atoms with Gasteiger partial charge in [-0.25, -0.2) is 0 Å². The standard InChI is InChI=1S/C10H17N3O3.C8H10O2.C2H2.CH5NO/c1-2-7(12-6-14)10(16)13-5-3-4-8(13)9(11)15;1-9-7-5-3-4-6-8(7)10-2;1-2;2-1-3/h6-8H,2-5H2,1H3,(H2,11,15)(H,12,14);3-6H,1-2H3;1-2H;3H,1-2H2/t7-,8-;;;/m0.../s1. The van der Waals surface area contributed by atoms with Gasteiger partial charge in [-0.15, -0.1) is 12.8 Å². The second kappa shape index (κ2) is 18.7. The molecule has 10 heteroatoms. The van der Waals surface area contributed by atoms with Gasteiger partial charge in [0.25, 0.3) is 0 Å². The number of methoxy groups -OCH3 is 2. The van der Waals surface area contributed by atoms with Gasteiger partial charge in [-0.2, -0.15) is 0 Å². The van der Waals surface area contributed by atoms with Crippen molar-refractivity contribution < 1.29 is 29.0 Å². The van der Waals surface area contributed by atoms with E-state index in [2.05, 4.69) is 23.9 Å². The van der Waals surface area contributed by atoms with E-state index in [1.54, 1.807) is 21.1 Å². The van der Waals surface area contributed by atoms with E-state index in [9.17, 15) is 14.4 Å². The molecular weight excluding hydrogens is 404 g/mol. The van der Waals surface area contributed by atoms with Crippen molar-refractivity contribution >= 4 is 18.2 Å². The summed E-state index contributed by atoms with van der Waals surface area (Å²) in [7, 11) is 3.25. The number of amides is 3. The van der Waals surface area contributed by atoms with Crippen molar-refractivity contribution in [2.75, 3.05) is 27.5 Å². The van der Waals surface area contributed by atoms with Crippen molar-refractivity contribution in [3.8, 4) is 24.3 Å². The lowest BCUT2D eigenvalue weighted by molar-refractivity contribution is -0.139. The number of ether oxygens (including phenoxy) is 2. The van der Waals surface area contributed by atoms with E-state index in [-0.39, 0.29) is 12.6 Å². The summed E-state index contributed by atoms with van der Waals surface area (Å²) in [6, 6.07) is 6.45. The molecule has 1 aromatic carbocycles. The van der Waals surface area contributed by atoms with Crippen LogP contribution in [-0.2, 0) is 14.4 Å². The predicted molar refractivity (Wildman–Crippen MR) is 118 cm³/mol. The summed E-state index contributed by atoms with van der Waals surface area (Å²) in [5.74, 6) is 0.831. The minimum Gasteiger partial charge on any atom is -0.493 e. The first kappa shape index (κ1) is 29.9. The Morgan fingerprint density at radius 1 is 1.29 bits per heavy atom. The van der Waals surface area contributed by atoms with Gasteiger partial charge in [0.2, 0.25) is 18.2 Å². The van der Waals surface area contributed by atoms with Crippen LogP contribution in [0.4, 0.5) is 0 Å². The molecule has 0 saturated carbocycles. The number of nitrogens with two attached hydrogens (primary N) is 2. The van der Waals surface area contributed by atoms with Crippen LogP contribution in [0.3, 0.4) is 0 Å². The minimum atomic E-state index is -0.558. The van der Waals surface area contributed by atoms with Gasteiger partial charge in [0.15, 0.2) is 11.5 Å².